The average molecular weight is 336 g/mol. The Morgan fingerprint density at radius 2 is 1.89 bits per heavy atom. The van der Waals surface area contributed by atoms with Gasteiger partial charge in [-0.25, -0.2) is 8.78 Å². The molecule has 0 atom stereocenters. The summed E-state index contributed by atoms with van der Waals surface area (Å²) in [4.78, 5) is 1.92. The van der Waals surface area contributed by atoms with E-state index in [1.165, 1.54) is 12.1 Å². The van der Waals surface area contributed by atoms with Gasteiger partial charge in [-0.15, -0.1) is 0 Å². The third-order valence-electron chi connectivity index (χ3n) is 3.35. The smallest absolute Gasteiger partial charge is 0.144 e. The van der Waals surface area contributed by atoms with Crippen molar-refractivity contribution in [1.82, 2.24) is 4.90 Å². The van der Waals surface area contributed by atoms with Crippen LogP contribution in [0.25, 0.3) is 0 Å². The normalized spacial score (nSPS) is 11.6. The zero-order valence-electron chi connectivity index (χ0n) is 11.3. The molecule has 1 N–H and O–H groups in total. The van der Waals surface area contributed by atoms with Crippen molar-refractivity contribution in [1.29, 1.82) is 0 Å². The molecule has 108 valence electrons. The van der Waals surface area contributed by atoms with Crippen LogP contribution >= 0.6 is 15.9 Å². The van der Waals surface area contributed by atoms with Crippen LogP contribution in [0.5, 0.6) is 0 Å². The van der Waals surface area contributed by atoms with Crippen LogP contribution in [0.15, 0.2) is 16.6 Å². The summed E-state index contributed by atoms with van der Waals surface area (Å²) >= 11 is 3.07. The molecule has 5 heteroatoms. The van der Waals surface area contributed by atoms with Gasteiger partial charge in [0.2, 0.25) is 0 Å². The van der Waals surface area contributed by atoms with Crippen molar-refractivity contribution in [3.8, 4) is 0 Å². The van der Waals surface area contributed by atoms with Crippen molar-refractivity contribution < 1.29 is 13.9 Å². The van der Waals surface area contributed by atoms with Gasteiger partial charge in [-0.1, -0.05) is 13.8 Å². The number of benzene rings is 1. The second kappa shape index (κ2) is 7.92. The van der Waals surface area contributed by atoms with Crippen LogP contribution < -0.4 is 0 Å². The van der Waals surface area contributed by atoms with Gasteiger partial charge in [-0.3, -0.25) is 4.90 Å². The molecule has 0 fully saturated rings. The molecule has 0 aliphatic rings. The van der Waals surface area contributed by atoms with Crippen molar-refractivity contribution in [3.63, 3.8) is 0 Å². The van der Waals surface area contributed by atoms with Gasteiger partial charge >= 0.3 is 0 Å². The molecule has 0 amide bonds. The third-order valence-corrected chi connectivity index (χ3v) is 3.96. The van der Waals surface area contributed by atoms with E-state index in [4.69, 9.17) is 5.11 Å². The highest BCUT2D eigenvalue weighted by Gasteiger charge is 2.20. The maximum absolute atomic E-state index is 14.0. The van der Waals surface area contributed by atoms with Gasteiger partial charge in [0.15, 0.2) is 0 Å². The summed E-state index contributed by atoms with van der Waals surface area (Å²) in [6.45, 7) is 4.63. The number of rotatable bonds is 7. The van der Waals surface area contributed by atoms with Crippen molar-refractivity contribution in [2.45, 2.75) is 39.3 Å². The Kier molecular flexibility index (Phi) is 6.89. The van der Waals surface area contributed by atoms with Crippen LogP contribution in [-0.4, -0.2) is 29.2 Å². The van der Waals surface area contributed by atoms with Crippen molar-refractivity contribution in [2.75, 3.05) is 13.2 Å². The first-order valence-electron chi connectivity index (χ1n) is 6.52. The number of nitrogens with zero attached hydrogens (tertiary/aromatic N) is 1. The maximum atomic E-state index is 14.0. The number of aliphatic hydroxyl groups is 1. The monoisotopic (exact) mass is 335 g/mol. The fraction of sp³-hybridized carbons (Fsp3) is 0.571. The molecular formula is C14H20BrF2NO. The van der Waals surface area contributed by atoms with E-state index in [2.05, 4.69) is 15.9 Å². The van der Waals surface area contributed by atoms with Gasteiger partial charge in [-0.05, 0) is 40.9 Å². The molecule has 0 bridgehead atoms. The SMILES string of the molecule is CCC(CC)N(CCO)Cc1c(F)ccc(Br)c1F. The minimum atomic E-state index is -0.561. The number of hydrogen-bond donors (Lipinski definition) is 1. The Labute approximate surface area is 121 Å². The highest BCUT2D eigenvalue weighted by molar-refractivity contribution is 9.10. The topological polar surface area (TPSA) is 23.5 Å². The summed E-state index contributed by atoms with van der Waals surface area (Å²) in [5.41, 5.74) is 0.0507. The molecule has 0 heterocycles. The van der Waals surface area contributed by atoms with E-state index in [0.717, 1.165) is 12.8 Å². The quantitative estimate of drug-likeness (QED) is 0.768. The number of halogens is 3. The molecule has 0 spiro atoms. The Bertz CT molecular complexity index is 411. The van der Waals surface area contributed by atoms with Crippen molar-refractivity contribution in [2.24, 2.45) is 0 Å². The standard InChI is InChI=1S/C14H20BrF2NO/c1-3-10(4-2)18(7-8-19)9-11-13(16)6-5-12(15)14(11)17/h5-6,10,19H,3-4,7-9H2,1-2H3. The number of aliphatic hydroxyl groups excluding tert-OH is 1. The van der Waals surface area contributed by atoms with E-state index in [0.29, 0.717) is 6.54 Å². The summed E-state index contributed by atoms with van der Waals surface area (Å²) in [5, 5.41) is 9.11. The zero-order chi connectivity index (χ0) is 14.4. The highest BCUT2D eigenvalue weighted by atomic mass is 79.9. The summed E-state index contributed by atoms with van der Waals surface area (Å²) in [5.74, 6) is -1.11. The van der Waals surface area contributed by atoms with E-state index in [1.54, 1.807) is 0 Å². The van der Waals surface area contributed by atoms with Crippen molar-refractivity contribution >= 4 is 15.9 Å². The molecule has 0 aliphatic heterocycles. The first-order chi connectivity index (χ1) is 9.04. The molecule has 1 rings (SSSR count). The van der Waals surface area contributed by atoms with Gasteiger partial charge < -0.3 is 5.11 Å². The number of hydrogen-bond acceptors (Lipinski definition) is 2. The Morgan fingerprint density at radius 3 is 2.42 bits per heavy atom. The summed E-state index contributed by atoms with van der Waals surface area (Å²) in [7, 11) is 0. The lowest BCUT2D eigenvalue weighted by atomic mass is 10.1. The second-order valence-corrected chi connectivity index (χ2v) is 5.34. The molecular weight excluding hydrogens is 316 g/mol. The summed E-state index contributed by atoms with van der Waals surface area (Å²) in [6, 6.07) is 2.83. The molecule has 1 aromatic carbocycles. The fourth-order valence-corrected chi connectivity index (χ4v) is 2.61. The lowest BCUT2D eigenvalue weighted by Crippen LogP contribution is -2.36. The van der Waals surface area contributed by atoms with Gasteiger partial charge in [0, 0.05) is 24.7 Å². The van der Waals surface area contributed by atoms with Gasteiger partial charge in [0.1, 0.15) is 11.6 Å². The van der Waals surface area contributed by atoms with Crippen molar-refractivity contribution in [3.05, 3.63) is 33.8 Å². The van der Waals surface area contributed by atoms with E-state index >= 15 is 0 Å². The van der Waals surface area contributed by atoms with Crippen LogP contribution in [0.3, 0.4) is 0 Å². The summed E-state index contributed by atoms with van der Waals surface area (Å²) in [6.07, 6.45) is 1.77. The Balaban J connectivity index is 2.99. The van der Waals surface area contributed by atoms with Crippen LogP contribution in [0.4, 0.5) is 8.78 Å². The molecule has 0 saturated carbocycles. The van der Waals surface area contributed by atoms with Gasteiger partial charge in [0.05, 0.1) is 11.1 Å². The lowest BCUT2D eigenvalue weighted by Gasteiger charge is -2.30. The maximum Gasteiger partial charge on any atom is 0.144 e. The average Bonchev–Trinajstić information content (AvgIpc) is 2.40. The van der Waals surface area contributed by atoms with Crippen LogP contribution in [0.2, 0.25) is 0 Å². The van der Waals surface area contributed by atoms with E-state index in [1.807, 2.05) is 18.7 Å². The first kappa shape index (κ1) is 16.5. The van der Waals surface area contributed by atoms with Crippen LogP contribution in [-0.2, 0) is 6.54 Å². The molecule has 1 aromatic rings. The van der Waals surface area contributed by atoms with E-state index in [9.17, 15) is 8.78 Å². The first-order valence-corrected chi connectivity index (χ1v) is 7.31. The lowest BCUT2D eigenvalue weighted by molar-refractivity contribution is 0.133. The predicted octanol–water partition coefficient (Wildman–Crippen LogP) is 3.71. The Morgan fingerprint density at radius 1 is 1.26 bits per heavy atom. The minimum Gasteiger partial charge on any atom is -0.395 e. The highest BCUT2D eigenvalue weighted by Crippen LogP contribution is 2.24. The predicted molar refractivity (Wildman–Crippen MR) is 75.9 cm³/mol. The van der Waals surface area contributed by atoms with E-state index in [-0.39, 0.29) is 29.2 Å². The molecule has 0 radical (unpaired) electrons. The molecule has 0 aliphatic carbocycles. The second-order valence-electron chi connectivity index (χ2n) is 4.49. The molecule has 19 heavy (non-hydrogen) atoms. The Hall–Kier alpha value is -0.520. The molecule has 2 nitrogen and oxygen atoms in total. The van der Waals surface area contributed by atoms with Gasteiger partial charge in [-0.2, -0.15) is 0 Å². The molecule has 0 unspecified atom stereocenters. The molecule has 0 saturated heterocycles. The third kappa shape index (κ3) is 4.23. The van der Waals surface area contributed by atoms with Gasteiger partial charge in [0.25, 0.3) is 0 Å². The fourth-order valence-electron chi connectivity index (χ4n) is 2.24. The zero-order valence-corrected chi connectivity index (χ0v) is 12.9. The van der Waals surface area contributed by atoms with Crippen LogP contribution in [0.1, 0.15) is 32.3 Å². The summed E-state index contributed by atoms with van der Waals surface area (Å²) < 4.78 is 28.0. The minimum absolute atomic E-state index is 0.0201. The largest absolute Gasteiger partial charge is 0.395 e. The van der Waals surface area contributed by atoms with Crippen LogP contribution in [0, 0.1) is 11.6 Å². The van der Waals surface area contributed by atoms with E-state index < -0.39 is 11.6 Å². The molecule has 0 aromatic heterocycles.